The van der Waals surface area contributed by atoms with Crippen LogP contribution in [0.15, 0.2) is 36.6 Å². The third-order valence-corrected chi connectivity index (χ3v) is 6.43. The molecule has 21 heavy (non-hydrogen) atoms. The zero-order chi connectivity index (χ0) is 15.0. The monoisotopic (exact) mass is 285 g/mol. The first-order valence-corrected chi connectivity index (χ1v) is 8.84. The molecule has 2 aliphatic carbocycles. The summed E-state index contributed by atoms with van der Waals surface area (Å²) >= 11 is 0. The van der Waals surface area contributed by atoms with Gasteiger partial charge in [0, 0.05) is 18.8 Å². The molecule has 2 saturated carbocycles. The average Bonchev–Trinajstić information content (AvgIpc) is 2.99. The smallest absolute Gasteiger partial charge is 0.0360 e. The molecule has 1 nitrogen and oxygen atoms in total. The van der Waals surface area contributed by atoms with Crippen molar-refractivity contribution in [1.82, 2.24) is 4.90 Å². The Labute approximate surface area is 130 Å². The SMILES string of the molecule is C=C1C(C)CCC2C(CC(=C)N3CC=CC3)CCC(C)C12. The molecule has 0 aromatic carbocycles. The maximum Gasteiger partial charge on any atom is 0.0360 e. The van der Waals surface area contributed by atoms with Crippen molar-refractivity contribution in [3.05, 3.63) is 36.6 Å². The van der Waals surface area contributed by atoms with Gasteiger partial charge in [-0.2, -0.15) is 0 Å². The standard InChI is InChI=1S/C20H31N/c1-14-8-10-19-18(9-7-15(2)20(19)17(14)4)13-16(3)21-11-5-6-12-21/h5-6,14-15,18-20H,3-4,7-13H2,1-2H3. The fourth-order valence-corrected chi connectivity index (χ4v) is 5.02. The molecule has 1 heterocycles. The van der Waals surface area contributed by atoms with Gasteiger partial charge in [0.05, 0.1) is 0 Å². The lowest BCUT2D eigenvalue weighted by molar-refractivity contribution is 0.0789. The maximum absolute atomic E-state index is 4.48. The number of rotatable bonds is 3. The molecule has 2 fully saturated rings. The van der Waals surface area contributed by atoms with Crippen LogP contribution in [0, 0.1) is 29.6 Å². The summed E-state index contributed by atoms with van der Waals surface area (Å²) in [5, 5.41) is 0. The van der Waals surface area contributed by atoms with E-state index >= 15 is 0 Å². The molecule has 0 bridgehead atoms. The molecule has 116 valence electrons. The number of fused-ring (bicyclic) bond motifs is 1. The highest BCUT2D eigenvalue weighted by atomic mass is 15.1. The first-order valence-electron chi connectivity index (χ1n) is 8.84. The molecule has 5 unspecified atom stereocenters. The molecule has 3 aliphatic rings. The quantitative estimate of drug-likeness (QED) is 0.658. The van der Waals surface area contributed by atoms with Crippen molar-refractivity contribution in [2.75, 3.05) is 13.1 Å². The van der Waals surface area contributed by atoms with Crippen LogP contribution >= 0.6 is 0 Å². The Bertz CT molecular complexity index is 439. The van der Waals surface area contributed by atoms with E-state index in [-0.39, 0.29) is 0 Å². The summed E-state index contributed by atoms with van der Waals surface area (Å²) in [6, 6.07) is 0. The highest BCUT2D eigenvalue weighted by Crippen LogP contribution is 2.51. The Morgan fingerprint density at radius 3 is 2.57 bits per heavy atom. The number of allylic oxidation sites excluding steroid dienone is 2. The fourth-order valence-electron chi connectivity index (χ4n) is 5.02. The van der Waals surface area contributed by atoms with Gasteiger partial charge in [-0.15, -0.1) is 0 Å². The van der Waals surface area contributed by atoms with Crippen LogP contribution in [0.3, 0.4) is 0 Å². The van der Waals surface area contributed by atoms with Gasteiger partial charge in [-0.3, -0.25) is 0 Å². The second kappa shape index (κ2) is 6.02. The van der Waals surface area contributed by atoms with Crippen LogP contribution in [-0.4, -0.2) is 18.0 Å². The van der Waals surface area contributed by atoms with Gasteiger partial charge in [-0.05, 0) is 61.7 Å². The van der Waals surface area contributed by atoms with Crippen molar-refractivity contribution < 1.29 is 0 Å². The summed E-state index contributed by atoms with van der Waals surface area (Å²) in [7, 11) is 0. The lowest BCUT2D eigenvalue weighted by Crippen LogP contribution is -2.40. The molecule has 0 N–H and O–H groups in total. The molecule has 0 aromatic rings. The average molecular weight is 285 g/mol. The van der Waals surface area contributed by atoms with Gasteiger partial charge in [0.1, 0.15) is 0 Å². The van der Waals surface area contributed by atoms with Gasteiger partial charge in [0.2, 0.25) is 0 Å². The molecule has 0 amide bonds. The molecule has 0 radical (unpaired) electrons. The van der Waals surface area contributed by atoms with E-state index in [1.54, 1.807) is 5.57 Å². The van der Waals surface area contributed by atoms with Gasteiger partial charge in [-0.1, -0.05) is 44.7 Å². The van der Waals surface area contributed by atoms with E-state index in [9.17, 15) is 0 Å². The van der Waals surface area contributed by atoms with Crippen LogP contribution in [0.2, 0.25) is 0 Å². The largest absolute Gasteiger partial charge is 0.368 e. The Morgan fingerprint density at radius 1 is 1.14 bits per heavy atom. The van der Waals surface area contributed by atoms with Crippen LogP contribution in [-0.2, 0) is 0 Å². The summed E-state index contributed by atoms with van der Waals surface area (Å²) < 4.78 is 0. The topological polar surface area (TPSA) is 3.24 Å². The minimum Gasteiger partial charge on any atom is -0.368 e. The Balaban J connectivity index is 1.68. The number of hydrogen-bond acceptors (Lipinski definition) is 1. The molecule has 1 heteroatoms. The lowest BCUT2D eigenvalue weighted by Gasteiger charge is -2.48. The molecule has 0 saturated heterocycles. The number of hydrogen-bond donors (Lipinski definition) is 0. The van der Waals surface area contributed by atoms with E-state index in [4.69, 9.17) is 0 Å². The molecule has 0 spiro atoms. The van der Waals surface area contributed by atoms with E-state index in [0.29, 0.717) is 0 Å². The van der Waals surface area contributed by atoms with Crippen LogP contribution in [0.5, 0.6) is 0 Å². The molecule has 0 aromatic heterocycles. The summed E-state index contributed by atoms with van der Waals surface area (Å²) in [6.45, 7) is 15.8. The van der Waals surface area contributed by atoms with Crippen molar-refractivity contribution in [2.45, 2.75) is 46.0 Å². The van der Waals surface area contributed by atoms with E-state index in [2.05, 4.69) is 44.1 Å². The Morgan fingerprint density at radius 2 is 1.86 bits per heavy atom. The van der Waals surface area contributed by atoms with E-state index in [1.165, 1.54) is 37.8 Å². The van der Waals surface area contributed by atoms with Gasteiger partial charge < -0.3 is 4.90 Å². The summed E-state index contributed by atoms with van der Waals surface area (Å²) in [4.78, 5) is 2.44. The summed E-state index contributed by atoms with van der Waals surface area (Å²) in [6.07, 6.45) is 11.3. The van der Waals surface area contributed by atoms with E-state index < -0.39 is 0 Å². The molecular weight excluding hydrogens is 254 g/mol. The molecule has 5 atom stereocenters. The normalized spacial score (nSPS) is 39.4. The lowest BCUT2D eigenvalue weighted by atomic mass is 9.57. The van der Waals surface area contributed by atoms with Crippen molar-refractivity contribution in [1.29, 1.82) is 0 Å². The van der Waals surface area contributed by atoms with Gasteiger partial charge in [0.25, 0.3) is 0 Å². The summed E-state index contributed by atoms with van der Waals surface area (Å²) in [5.41, 5.74) is 2.92. The van der Waals surface area contributed by atoms with E-state index in [1.807, 2.05) is 0 Å². The zero-order valence-corrected chi connectivity index (χ0v) is 13.9. The Hall–Kier alpha value is -0.980. The first kappa shape index (κ1) is 14.9. The fraction of sp³-hybridized carbons (Fsp3) is 0.700. The van der Waals surface area contributed by atoms with Gasteiger partial charge in [0.15, 0.2) is 0 Å². The van der Waals surface area contributed by atoms with Crippen LogP contribution < -0.4 is 0 Å². The zero-order valence-electron chi connectivity index (χ0n) is 13.9. The second-order valence-corrected chi connectivity index (χ2v) is 7.70. The van der Waals surface area contributed by atoms with Gasteiger partial charge in [-0.25, -0.2) is 0 Å². The highest BCUT2D eigenvalue weighted by molar-refractivity contribution is 5.15. The first-order chi connectivity index (χ1) is 10.1. The third-order valence-electron chi connectivity index (χ3n) is 6.43. The number of nitrogens with zero attached hydrogens (tertiary/aromatic N) is 1. The minimum atomic E-state index is 0.735. The van der Waals surface area contributed by atoms with Crippen molar-refractivity contribution in [3.63, 3.8) is 0 Å². The van der Waals surface area contributed by atoms with Crippen molar-refractivity contribution in [2.24, 2.45) is 29.6 Å². The minimum absolute atomic E-state index is 0.735. The van der Waals surface area contributed by atoms with Crippen LogP contribution in [0.4, 0.5) is 0 Å². The molecular formula is C20H31N. The van der Waals surface area contributed by atoms with Crippen LogP contribution in [0.1, 0.15) is 46.0 Å². The predicted octanol–water partition coefficient (Wildman–Crippen LogP) is 5.03. The van der Waals surface area contributed by atoms with E-state index in [0.717, 1.165) is 42.7 Å². The maximum atomic E-state index is 4.48. The molecule has 1 aliphatic heterocycles. The highest BCUT2D eigenvalue weighted by Gasteiger charge is 2.42. The second-order valence-electron chi connectivity index (χ2n) is 7.70. The summed E-state index contributed by atoms with van der Waals surface area (Å²) in [5.74, 6) is 4.05. The molecule has 3 rings (SSSR count). The Kier molecular flexibility index (Phi) is 4.28. The predicted molar refractivity (Wildman–Crippen MR) is 90.9 cm³/mol. The van der Waals surface area contributed by atoms with Crippen LogP contribution in [0.25, 0.3) is 0 Å². The van der Waals surface area contributed by atoms with Gasteiger partial charge >= 0.3 is 0 Å². The van der Waals surface area contributed by atoms with Crippen molar-refractivity contribution in [3.8, 4) is 0 Å². The third kappa shape index (κ3) is 2.84. The van der Waals surface area contributed by atoms with Crippen molar-refractivity contribution >= 4 is 0 Å².